The Morgan fingerprint density at radius 1 is 1.03 bits per heavy atom. The summed E-state index contributed by atoms with van der Waals surface area (Å²) in [6, 6.07) is 7.85. The zero-order valence-electron chi connectivity index (χ0n) is 22.8. The van der Waals surface area contributed by atoms with E-state index in [1.54, 1.807) is 18.7 Å². The Bertz CT molecular complexity index is 959. The predicted octanol–water partition coefficient (Wildman–Crippen LogP) is 2.03. The average Bonchev–Trinajstić information content (AvgIpc) is 3.55. The van der Waals surface area contributed by atoms with Gasteiger partial charge in [-0.2, -0.15) is 0 Å². The third-order valence-electron chi connectivity index (χ3n) is 7.19. The SMILES string of the molecule is CC(C)C[C@@H](NC(=O)C(C)(C)NC(=O)C1CCCN1C(=O)C1CCCN1)C(=O)N[C@H](C)c1ccccc1. The number of amides is 4. The molecule has 2 fully saturated rings. The molecule has 0 aliphatic carbocycles. The van der Waals surface area contributed by atoms with Crippen LogP contribution < -0.4 is 21.3 Å². The highest BCUT2D eigenvalue weighted by molar-refractivity contribution is 5.97. The minimum absolute atomic E-state index is 0.0430. The fourth-order valence-corrected chi connectivity index (χ4v) is 5.03. The largest absolute Gasteiger partial charge is 0.348 e. The van der Waals surface area contributed by atoms with Gasteiger partial charge in [-0.25, -0.2) is 0 Å². The Labute approximate surface area is 220 Å². The Kier molecular flexibility index (Phi) is 9.70. The van der Waals surface area contributed by atoms with Crippen molar-refractivity contribution in [1.82, 2.24) is 26.2 Å². The van der Waals surface area contributed by atoms with Crippen LogP contribution in [0.15, 0.2) is 30.3 Å². The molecule has 1 aromatic carbocycles. The Balaban J connectivity index is 1.62. The molecule has 0 saturated carbocycles. The molecule has 2 heterocycles. The number of carbonyl (C=O) groups excluding carboxylic acids is 4. The third-order valence-corrected chi connectivity index (χ3v) is 7.19. The minimum Gasteiger partial charge on any atom is -0.348 e. The zero-order chi connectivity index (χ0) is 27.2. The number of nitrogens with zero attached hydrogens (tertiary/aromatic N) is 1. The van der Waals surface area contributed by atoms with Crippen LogP contribution in [0.1, 0.15) is 78.3 Å². The standard InChI is InChI=1S/C28H43N5O4/c1-18(2)17-22(24(34)30-19(3)20-11-7-6-8-12-20)31-27(37)28(4,5)32-25(35)23-14-10-16-33(23)26(36)21-13-9-15-29-21/h6-8,11-12,18-19,21-23,29H,9-10,13-17H2,1-5H3,(H,30,34)(H,31,37)(H,32,35)/t19-,21?,22-,23?/m1/s1. The van der Waals surface area contributed by atoms with Crippen molar-refractivity contribution >= 4 is 23.6 Å². The maximum atomic E-state index is 13.3. The summed E-state index contributed by atoms with van der Waals surface area (Å²) < 4.78 is 0. The van der Waals surface area contributed by atoms with Gasteiger partial charge >= 0.3 is 0 Å². The number of rotatable bonds is 10. The van der Waals surface area contributed by atoms with Crippen LogP contribution in [0.5, 0.6) is 0 Å². The third kappa shape index (κ3) is 7.53. The number of benzene rings is 1. The van der Waals surface area contributed by atoms with Gasteiger partial charge in [-0.3, -0.25) is 19.2 Å². The minimum atomic E-state index is -1.26. The number of likely N-dealkylation sites (tertiary alicyclic amines) is 1. The lowest BCUT2D eigenvalue weighted by Gasteiger charge is -2.32. The van der Waals surface area contributed by atoms with Crippen molar-refractivity contribution in [2.24, 2.45) is 5.92 Å². The van der Waals surface area contributed by atoms with E-state index in [-0.39, 0.29) is 35.7 Å². The molecule has 0 radical (unpaired) electrons. The van der Waals surface area contributed by atoms with Crippen LogP contribution >= 0.6 is 0 Å². The van der Waals surface area contributed by atoms with Gasteiger partial charge in [0.05, 0.1) is 12.1 Å². The topological polar surface area (TPSA) is 120 Å². The number of carbonyl (C=O) groups is 4. The number of hydrogen-bond acceptors (Lipinski definition) is 5. The van der Waals surface area contributed by atoms with Gasteiger partial charge in [-0.1, -0.05) is 44.2 Å². The van der Waals surface area contributed by atoms with Gasteiger partial charge in [0.25, 0.3) is 0 Å². The van der Waals surface area contributed by atoms with Crippen LogP contribution in [0.3, 0.4) is 0 Å². The van der Waals surface area contributed by atoms with Crippen LogP contribution in [0.2, 0.25) is 0 Å². The van der Waals surface area contributed by atoms with Crippen LogP contribution in [0.4, 0.5) is 0 Å². The monoisotopic (exact) mass is 513 g/mol. The van der Waals surface area contributed by atoms with E-state index in [2.05, 4.69) is 21.3 Å². The molecule has 4 atom stereocenters. The second kappa shape index (κ2) is 12.5. The molecule has 3 rings (SSSR count). The Morgan fingerprint density at radius 3 is 2.35 bits per heavy atom. The molecule has 0 spiro atoms. The molecule has 9 nitrogen and oxygen atoms in total. The van der Waals surface area contributed by atoms with Gasteiger partial charge in [-0.05, 0) is 70.9 Å². The molecular formula is C28H43N5O4. The highest BCUT2D eigenvalue weighted by atomic mass is 16.2. The van der Waals surface area contributed by atoms with E-state index < -0.39 is 23.5 Å². The molecule has 9 heteroatoms. The van der Waals surface area contributed by atoms with Crippen molar-refractivity contribution in [3.8, 4) is 0 Å². The first kappa shape index (κ1) is 28.6. The van der Waals surface area contributed by atoms with Crippen molar-refractivity contribution in [1.29, 1.82) is 0 Å². The summed E-state index contributed by atoms with van der Waals surface area (Å²) in [6.07, 6.45) is 3.50. The number of hydrogen-bond donors (Lipinski definition) is 4. The summed E-state index contributed by atoms with van der Waals surface area (Å²) in [5.74, 6) is -0.923. The Morgan fingerprint density at radius 2 is 1.73 bits per heavy atom. The van der Waals surface area contributed by atoms with Gasteiger partial charge in [0, 0.05) is 6.54 Å². The van der Waals surface area contributed by atoms with Crippen molar-refractivity contribution in [3.05, 3.63) is 35.9 Å². The zero-order valence-corrected chi connectivity index (χ0v) is 22.8. The summed E-state index contributed by atoms with van der Waals surface area (Å²) >= 11 is 0. The molecule has 4 amide bonds. The van der Waals surface area contributed by atoms with Crippen LogP contribution in [0, 0.1) is 5.92 Å². The van der Waals surface area contributed by atoms with E-state index in [1.807, 2.05) is 51.1 Å². The van der Waals surface area contributed by atoms with Crippen molar-refractivity contribution in [3.63, 3.8) is 0 Å². The summed E-state index contributed by atoms with van der Waals surface area (Å²) in [4.78, 5) is 54.2. The maximum absolute atomic E-state index is 13.3. The highest BCUT2D eigenvalue weighted by Crippen LogP contribution is 2.22. The normalized spacial score (nSPS) is 21.4. The van der Waals surface area contributed by atoms with E-state index in [0.717, 1.165) is 31.4 Å². The first-order valence-corrected chi connectivity index (χ1v) is 13.5. The van der Waals surface area contributed by atoms with Crippen LogP contribution in [-0.4, -0.2) is 65.3 Å². The van der Waals surface area contributed by atoms with E-state index in [9.17, 15) is 19.2 Å². The first-order valence-electron chi connectivity index (χ1n) is 13.5. The number of nitrogens with one attached hydrogen (secondary N) is 4. The smallest absolute Gasteiger partial charge is 0.245 e. The summed E-state index contributed by atoms with van der Waals surface area (Å²) in [5, 5.41) is 11.9. The summed E-state index contributed by atoms with van der Waals surface area (Å²) in [5.41, 5.74) is -0.290. The first-order chi connectivity index (χ1) is 17.5. The van der Waals surface area contributed by atoms with Gasteiger partial charge in [-0.15, -0.1) is 0 Å². The molecule has 204 valence electrons. The molecular weight excluding hydrogens is 470 g/mol. The molecule has 37 heavy (non-hydrogen) atoms. The molecule has 2 unspecified atom stereocenters. The lowest BCUT2D eigenvalue weighted by atomic mass is 9.98. The molecule has 2 saturated heterocycles. The van der Waals surface area contributed by atoms with Gasteiger partial charge in [0.2, 0.25) is 23.6 Å². The molecule has 0 aromatic heterocycles. The quantitative estimate of drug-likeness (QED) is 0.382. The summed E-state index contributed by atoms with van der Waals surface area (Å²) in [7, 11) is 0. The Hall–Kier alpha value is -2.94. The highest BCUT2D eigenvalue weighted by Gasteiger charge is 2.41. The van der Waals surface area contributed by atoms with Gasteiger partial charge < -0.3 is 26.2 Å². The lowest BCUT2D eigenvalue weighted by molar-refractivity contribution is -0.142. The van der Waals surface area contributed by atoms with Crippen LogP contribution in [-0.2, 0) is 19.2 Å². The van der Waals surface area contributed by atoms with E-state index in [4.69, 9.17) is 0 Å². The molecule has 0 bridgehead atoms. The molecule has 4 N–H and O–H groups in total. The van der Waals surface area contributed by atoms with Gasteiger partial charge in [0.1, 0.15) is 17.6 Å². The second-order valence-electron chi connectivity index (χ2n) is 11.2. The van der Waals surface area contributed by atoms with E-state index >= 15 is 0 Å². The van der Waals surface area contributed by atoms with E-state index in [1.165, 1.54) is 0 Å². The molecule has 2 aliphatic rings. The van der Waals surface area contributed by atoms with Gasteiger partial charge in [0.15, 0.2) is 0 Å². The average molecular weight is 514 g/mol. The lowest BCUT2D eigenvalue weighted by Crippen LogP contribution is -2.62. The maximum Gasteiger partial charge on any atom is 0.245 e. The fourth-order valence-electron chi connectivity index (χ4n) is 5.03. The summed E-state index contributed by atoms with van der Waals surface area (Å²) in [6.45, 7) is 10.5. The van der Waals surface area contributed by atoms with Crippen molar-refractivity contribution in [2.45, 2.75) is 96.4 Å². The molecule has 1 aromatic rings. The van der Waals surface area contributed by atoms with E-state index in [0.29, 0.717) is 19.4 Å². The molecule has 2 aliphatic heterocycles. The van der Waals surface area contributed by atoms with Crippen molar-refractivity contribution in [2.75, 3.05) is 13.1 Å². The van der Waals surface area contributed by atoms with Crippen molar-refractivity contribution < 1.29 is 19.2 Å². The predicted molar refractivity (Wildman–Crippen MR) is 142 cm³/mol. The second-order valence-corrected chi connectivity index (χ2v) is 11.2. The fraction of sp³-hybridized carbons (Fsp3) is 0.643. The van der Waals surface area contributed by atoms with Crippen LogP contribution in [0.25, 0.3) is 0 Å².